The van der Waals surface area contributed by atoms with Gasteiger partial charge in [-0.2, -0.15) is 0 Å². The van der Waals surface area contributed by atoms with Crippen LogP contribution in [0.5, 0.6) is 0 Å². The Bertz CT molecular complexity index is 501. The lowest BCUT2D eigenvalue weighted by atomic mass is 10.0. The molecule has 0 fully saturated rings. The molecule has 1 atom stereocenters. The highest BCUT2D eigenvalue weighted by Gasteiger charge is 2.18. The predicted molar refractivity (Wildman–Crippen MR) is 93.4 cm³/mol. The van der Waals surface area contributed by atoms with Gasteiger partial charge in [0.2, 0.25) is 11.8 Å². The summed E-state index contributed by atoms with van der Waals surface area (Å²) < 4.78 is 0. The number of nitrogens with zero attached hydrogens (tertiary/aromatic N) is 1. The summed E-state index contributed by atoms with van der Waals surface area (Å²) >= 11 is 5.96. The number of benzene rings is 1. The van der Waals surface area contributed by atoms with Gasteiger partial charge < -0.3 is 10.6 Å². The quantitative estimate of drug-likeness (QED) is 0.726. The van der Waals surface area contributed by atoms with E-state index in [-0.39, 0.29) is 24.3 Å². The van der Waals surface area contributed by atoms with E-state index in [2.05, 4.69) is 29.4 Å². The van der Waals surface area contributed by atoms with Crippen LogP contribution in [-0.2, 0) is 9.59 Å². The predicted octanol–water partition coefficient (Wildman–Crippen LogP) is 2.37. The molecular weight excluding hydrogens is 314 g/mol. The second-order valence-electron chi connectivity index (χ2n) is 5.33. The molecule has 0 aliphatic heterocycles. The van der Waals surface area contributed by atoms with Crippen molar-refractivity contribution in [3.63, 3.8) is 0 Å². The van der Waals surface area contributed by atoms with Gasteiger partial charge in [0, 0.05) is 31.5 Å². The van der Waals surface area contributed by atoms with Crippen LogP contribution in [0.3, 0.4) is 0 Å². The molecule has 1 unspecified atom stereocenters. The summed E-state index contributed by atoms with van der Waals surface area (Å²) in [7, 11) is 0. The first-order valence-corrected chi connectivity index (χ1v) is 8.36. The lowest BCUT2D eigenvalue weighted by Crippen LogP contribution is -2.39. The zero-order valence-electron chi connectivity index (χ0n) is 14.1. The van der Waals surface area contributed by atoms with E-state index in [0.717, 1.165) is 18.7 Å². The van der Waals surface area contributed by atoms with Crippen LogP contribution in [-0.4, -0.2) is 42.9 Å². The minimum Gasteiger partial charge on any atom is -0.356 e. The molecule has 0 aliphatic carbocycles. The molecule has 0 aromatic heterocycles. The Hall–Kier alpha value is -1.59. The Morgan fingerprint density at radius 2 is 1.74 bits per heavy atom. The maximum Gasteiger partial charge on any atom is 0.221 e. The fraction of sp³-hybridized carbons (Fsp3) is 0.529. The maximum atomic E-state index is 11.9. The van der Waals surface area contributed by atoms with Crippen molar-refractivity contribution in [3.05, 3.63) is 34.9 Å². The van der Waals surface area contributed by atoms with Gasteiger partial charge in [-0.3, -0.25) is 14.5 Å². The van der Waals surface area contributed by atoms with Gasteiger partial charge >= 0.3 is 0 Å². The van der Waals surface area contributed by atoms with Gasteiger partial charge in [-0.15, -0.1) is 0 Å². The molecule has 0 radical (unpaired) electrons. The lowest BCUT2D eigenvalue weighted by Gasteiger charge is -2.30. The maximum absolute atomic E-state index is 11.9. The summed E-state index contributed by atoms with van der Waals surface area (Å²) in [4.78, 5) is 25.0. The van der Waals surface area contributed by atoms with Crippen molar-refractivity contribution < 1.29 is 9.59 Å². The van der Waals surface area contributed by atoms with Crippen molar-refractivity contribution in [2.45, 2.75) is 33.2 Å². The number of hydrogen-bond donors (Lipinski definition) is 2. The molecule has 1 rings (SSSR count). The van der Waals surface area contributed by atoms with Crippen LogP contribution in [0.15, 0.2) is 24.3 Å². The molecule has 23 heavy (non-hydrogen) atoms. The molecule has 0 heterocycles. The largest absolute Gasteiger partial charge is 0.356 e. The highest BCUT2D eigenvalue weighted by Crippen LogP contribution is 2.21. The van der Waals surface area contributed by atoms with Crippen molar-refractivity contribution in [2.24, 2.45) is 0 Å². The van der Waals surface area contributed by atoms with Crippen LogP contribution in [0.1, 0.15) is 38.8 Å². The average molecular weight is 340 g/mol. The Morgan fingerprint density at radius 1 is 1.13 bits per heavy atom. The van der Waals surface area contributed by atoms with Gasteiger partial charge in [-0.25, -0.2) is 0 Å². The van der Waals surface area contributed by atoms with Gasteiger partial charge in [0.05, 0.1) is 6.04 Å². The molecule has 0 saturated heterocycles. The van der Waals surface area contributed by atoms with E-state index in [4.69, 9.17) is 11.6 Å². The molecule has 6 heteroatoms. The molecule has 0 bridgehead atoms. The molecule has 2 amide bonds. The van der Waals surface area contributed by atoms with Crippen molar-refractivity contribution in [1.29, 1.82) is 0 Å². The van der Waals surface area contributed by atoms with E-state index in [1.165, 1.54) is 6.92 Å². The van der Waals surface area contributed by atoms with E-state index in [1.54, 1.807) is 0 Å². The normalized spacial score (nSPS) is 12.0. The number of amides is 2. The van der Waals surface area contributed by atoms with E-state index in [0.29, 0.717) is 18.1 Å². The number of likely N-dealkylation sites (N-methyl/N-ethyl adjacent to an activating group) is 1. The Balaban J connectivity index is 2.65. The monoisotopic (exact) mass is 339 g/mol. The van der Waals surface area contributed by atoms with Gasteiger partial charge in [-0.05, 0) is 30.8 Å². The molecule has 0 spiro atoms. The smallest absolute Gasteiger partial charge is 0.221 e. The van der Waals surface area contributed by atoms with Crippen molar-refractivity contribution in [2.75, 3.05) is 26.2 Å². The topological polar surface area (TPSA) is 61.4 Å². The molecule has 0 saturated carbocycles. The van der Waals surface area contributed by atoms with Gasteiger partial charge in [0.15, 0.2) is 0 Å². The fourth-order valence-corrected chi connectivity index (χ4v) is 2.58. The third-order valence-corrected chi connectivity index (χ3v) is 3.98. The van der Waals surface area contributed by atoms with Crippen LogP contribution >= 0.6 is 11.6 Å². The molecule has 1 aromatic carbocycles. The summed E-state index contributed by atoms with van der Waals surface area (Å²) in [5.41, 5.74) is 1.13. The highest BCUT2D eigenvalue weighted by atomic mass is 35.5. The number of rotatable bonds is 9. The first-order chi connectivity index (χ1) is 11.0. The molecular formula is C17H26ClN3O2. The van der Waals surface area contributed by atoms with Crippen LogP contribution in [0.2, 0.25) is 5.02 Å². The summed E-state index contributed by atoms with van der Waals surface area (Å²) in [6.07, 6.45) is 0.283. The highest BCUT2D eigenvalue weighted by molar-refractivity contribution is 6.30. The second kappa shape index (κ2) is 10.2. The van der Waals surface area contributed by atoms with Gasteiger partial charge in [0.1, 0.15) is 0 Å². The van der Waals surface area contributed by atoms with Crippen molar-refractivity contribution in [3.8, 4) is 0 Å². The summed E-state index contributed by atoms with van der Waals surface area (Å²) in [5, 5.41) is 6.28. The Kier molecular flexibility index (Phi) is 8.66. The van der Waals surface area contributed by atoms with E-state index < -0.39 is 0 Å². The first kappa shape index (κ1) is 19.5. The number of carbonyl (C=O) groups excluding carboxylic acids is 2. The molecule has 2 N–H and O–H groups in total. The minimum absolute atomic E-state index is 0.0649. The third-order valence-electron chi connectivity index (χ3n) is 3.73. The zero-order chi connectivity index (χ0) is 17.2. The summed E-state index contributed by atoms with van der Waals surface area (Å²) in [6, 6.07) is 7.83. The third kappa shape index (κ3) is 7.01. The lowest BCUT2D eigenvalue weighted by molar-refractivity contribution is -0.121. The van der Waals surface area contributed by atoms with Crippen LogP contribution < -0.4 is 10.6 Å². The minimum atomic E-state index is -0.125. The number of halogens is 1. The summed E-state index contributed by atoms with van der Waals surface area (Å²) in [6.45, 7) is 8.32. The summed E-state index contributed by atoms with van der Waals surface area (Å²) in [5.74, 6) is -0.190. The van der Waals surface area contributed by atoms with Gasteiger partial charge in [-0.1, -0.05) is 37.6 Å². The van der Waals surface area contributed by atoms with E-state index in [9.17, 15) is 9.59 Å². The van der Waals surface area contributed by atoms with Gasteiger partial charge in [0.25, 0.3) is 0 Å². The first-order valence-electron chi connectivity index (χ1n) is 7.98. The second-order valence-corrected chi connectivity index (χ2v) is 5.76. The average Bonchev–Trinajstić information content (AvgIpc) is 2.52. The van der Waals surface area contributed by atoms with Crippen molar-refractivity contribution in [1.82, 2.24) is 15.5 Å². The van der Waals surface area contributed by atoms with Crippen LogP contribution in [0, 0.1) is 0 Å². The van der Waals surface area contributed by atoms with Crippen LogP contribution in [0.4, 0.5) is 0 Å². The molecule has 1 aromatic rings. The van der Waals surface area contributed by atoms with Crippen molar-refractivity contribution >= 4 is 23.4 Å². The number of hydrogen-bond acceptors (Lipinski definition) is 3. The number of nitrogens with one attached hydrogen (secondary N) is 2. The standard InChI is InChI=1S/C17H26ClN3O2/c1-4-21(5-2)16(14-6-8-15(18)9-7-14)12-20-17(23)10-11-19-13(3)22/h6-9,16H,4-5,10-12H2,1-3H3,(H,19,22)(H,20,23). The molecule has 128 valence electrons. The fourth-order valence-electron chi connectivity index (χ4n) is 2.46. The number of carbonyl (C=O) groups is 2. The Labute approximate surface area is 143 Å². The zero-order valence-corrected chi connectivity index (χ0v) is 14.8. The SMILES string of the molecule is CCN(CC)C(CNC(=O)CCNC(C)=O)c1ccc(Cl)cc1. The van der Waals surface area contributed by atoms with Crippen LogP contribution in [0.25, 0.3) is 0 Å². The van der Waals surface area contributed by atoms with E-state index >= 15 is 0 Å². The Morgan fingerprint density at radius 3 is 2.26 bits per heavy atom. The molecule has 0 aliphatic rings. The van der Waals surface area contributed by atoms with E-state index in [1.807, 2.05) is 24.3 Å². The molecule has 5 nitrogen and oxygen atoms in total.